The Bertz CT molecular complexity index is 113. The van der Waals surface area contributed by atoms with E-state index in [0.717, 1.165) is 13.0 Å². The van der Waals surface area contributed by atoms with Gasteiger partial charge in [-0.1, -0.05) is 13.3 Å². The minimum Gasteiger partial charge on any atom is -0.309 e. The van der Waals surface area contributed by atoms with Gasteiger partial charge in [-0.05, 0) is 20.0 Å². The van der Waals surface area contributed by atoms with Crippen LogP contribution in [-0.2, 0) is 0 Å². The van der Waals surface area contributed by atoms with E-state index >= 15 is 0 Å². The Morgan fingerprint density at radius 3 is 2.40 bits per heavy atom. The summed E-state index contributed by atoms with van der Waals surface area (Å²) < 4.78 is 0. The summed E-state index contributed by atoms with van der Waals surface area (Å²) in [6, 6.07) is 2.20. The van der Waals surface area contributed by atoms with Crippen LogP contribution < -0.4 is 0 Å². The van der Waals surface area contributed by atoms with Gasteiger partial charge in [0.2, 0.25) is 0 Å². The normalized spacial score (nSPS) is 13.1. The maximum Gasteiger partial charge on any atom is 0.0625 e. The third kappa shape index (κ3) is 4.34. The van der Waals surface area contributed by atoms with Crippen LogP contribution in [0, 0.1) is 17.2 Å². The molecule has 0 amide bonds. The Morgan fingerprint density at radius 2 is 2.10 bits per heavy atom. The van der Waals surface area contributed by atoms with Crippen LogP contribution in [-0.4, -0.2) is 25.5 Å². The lowest BCUT2D eigenvalue weighted by molar-refractivity contribution is 0.321. The molecule has 0 aliphatic carbocycles. The fourth-order valence-electron chi connectivity index (χ4n) is 0.983. The van der Waals surface area contributed by atoms with E-state index in [1.54, 1.807) is 0 Å². The van der Waals surface area contributed by atoms with E-state index in [-0.39, 0.29) is 0 Å². The lowest BCUT2D eigenvalue weighted by Gasteiger charge is -2.16. The van der Waals surface area contributed by atoms with Crippen LogP contribution >= 0.6 is 0 Å². The lowest BCUT2D eigenvalue weighted by atomic mass is 10.0. The van der Waals surface area contributed by atoms with Crippen molar-refractivity contribution in [2.24, 2.45) is 5.92 Å². The van der Waals surface area contributed by atoms with Gasteiger partial charge in [-0.15, -0.1) is 0 Å². The fraction of sp³-hybridized carbons (Fsp3) is 0.875. The predicted octanol–water partition coefficient (Wildman–Crippen LogP) is 1.49. The van der Waals surface area contributed by atoms with Gasteiger partial charge < -0.3 is 4.90 Å². The van der Waals surface area contributed by atoms with E-state index in [4.69, 9.17) is 5.26 Å². The molecular formula is C8H16N2. The maximum absolute atomic E-state index is 8.41. The zero-order chi connectivity index (χ0) is 7.98. The van der Waals surface area contributed by atoms with Crippen LogP contribution in [0.25, 0.3) is 0 Å². The Labute approximate surface area is 63.4 Å². The van der Waals surface area contributed by atoms with Crippen molar-refractivity contribution in [1.29, 1.82) is 5.26 Å². The van der Waals surface area contributed by atoms with Gasteiger partial charge in [0.1, 0.15) is 0 Å². The van der Waals surface area contributed by atoms with Crippen molar-refractivity contribution in [3.05, 3.63) is 0 Å². The van der Waals surface area contributed by atoms with Gasteiger partial charge in [0, 0.05) is 13.0 Å². The molecule has 0 saturated carbocycles. The Kier molecular flexibility index (Phi) is 4.96. The molecule has 0 saturated heterocycles. The average Bonchev–Trinajstić information content (AvgIpc) is 1.86. The summed E-state index contributed by atoms with van der Waals surface area (Å²) >= 11 is 0. The smallest absolute Gasteiger partial charge is 0.0625 e. The van der Waals surface area contributed by atoms with Gasteiger partial charge in [-0.25, -0.2) is 0 Å². The first-order valence-corrected chi connectivity index (χ1v) is 3.72. The van der Waals surface area contributed by atoms with Gasteiger partial charge in [0.25, 0.3) is 0 Å². The summed E-state index contributed by atoms with van der Waals surface area (Å²) in [7, 11) is 4.08. The average molecular weight is 140 g/mol. The van der Waals surface area contributed by atoms with E-state index < -0.39 is 0 Å². The van der Waals surface area contributed by atoms with E-state index in [0.29, 0.717) is 12.3 Å². The second kappa shape index (κ2) is 5.25. The lowest BCUT2D eigenvalue weighted by Crippen LogP contribution is -2.20. The molecule has 1 unspecified atom stereocenters. The number of nitrogens with zero attached hydrogens (tertiary/aromatic N) is 2. The van der Waals surface area contributed by atoms with Gasteiger partial charge in [0.15, 0.2) is 0 Å². The first-order valence-electron chi connectivity index (χ1n) is 3.72. The minimum absolute atomic E-state index is 0.556. The van der Waals surface area contributed by atoms with Crippen molar-refractivity contribution in [2.75, 3.05) is 20.6 Å². The van der Waals surface area contributed by atoms with Crippen LogP contribution in [0.3, 0.4) is 0 Å². The molecule has 2 heteroatoms. The predicted molar refractivity (Wildman–Crippen MR) is 42.6 cm³/mol. The van der Waals surface area contributed by atoms with Crippen molar-refractivity contribution in [3.8, 4) is 6.07 Å². The number of nitriles is 1. The molecule has 0 aromatic heterocycles. The number of hydrogen-bond acceptors (Lipinski definition) is 2. The van der Waals surface area contributed by atoms with E-state index in [1.807, 2.05) is 14.1 Å². The van der Waals surface area contributed by atoms with Crippen LogP contribution in [0.4, 0.5) is 0 Å². The SMILES string of the molecule is CCC(CC#N)CN(C)C. The Morgan fingerprint density at radius 1 is 1.50 bits per heavy atom. The molecule has 1 atom stereocenters. The maximum atomic E-state index is 8.41. The minimum atomic E-state index is 0.556. The number of rotatable bonds is 4. The molecule has 0 aromatic rings. The van der Waals surface area contributed by atoms with E-state index in [9.17, 15) is 0 Å². The van der Waals surface area contributed by atoms with E-state index in [1.165, 1.54) is 0 Å². The van der Waals surface area contributed by atoms with Crippen molar-refractivity contribution < 1.29 is 0 Å². The third-order valence-corrected chi connectivity index (χ3v) is 1.58. The molecule has 0 N–H and O–H groups in total. The van der Waals surface area contributed by atoms with Crippen LogP contribution in [0.2, 0.25) is 0 Å². The Balaban J connectivity index is 3.52. The third-order valence-electron chi connectivity index (χ3n) is 1.58. The molecular weight excluding hydrogens is 124 g/mol. The monoisotopic (exact) mass is 140 g/mol. The molecule has 0 aliphatic heterocycles. The van der Waals surface area contributed by atoms with E-state index in [2.05, 4.69) is 17.9 Å². The first-order chi connectivity index (χ1) is 4.70. The van der Waals surface area contributed by atoms with Crippen LogP contribution in [0.1, 0.15) is 19.8 Å². The van der Waals surface area contributed by atoms with Gasteiger partial charge in [0.05, 0.1) is 6.07 Å². The highest BCUT2D eigenvalue weighted by Gasteiger charge is 2.05. The molecule has 0 aromatic carbocycles. The summed E-state index contributed by atoms with van der Waals surface area (Å²) in [6.45, 7) is 3.16. The second-order valence-corrected chi connectivity index (χ2v) is 2.90. The topological polar surface area (TPSA) is 27.0 Å². The molecule has 0 heterocycles. The molecule has 10 heavy (non-hydrogen) atoms. The summed E-state index contributed by atoms with van der Waals surface area (Å²) in [4.78, 5) is 2.13. The second-order valence-electron chi connectivity index (χ2n) is 2.90. The quantitative estimate of drug-likeness (QED) is 0.591. The summed E-state index contributed by atoms with van der Waals surface area (Å²) in [5.41, 5.74) is 0. The van der Waals surface area contributed by atoms with Crippen LogP contribution in [0.15, 0.2) is 0 Å². The molecule has 0 bridgehead atoms. The molecule has 0 rings (SSSR count). The Hall–Kier alpha value is -0.550. The molecule has 0 fully saturated rings. The molecule has 2 nitrogen and oxygen atoms in total. The van der Waals surface area contributed by atoms with Gasteiger partial charge in [-0.3, -0.25) is 0 Å². The highest BCUT2D eigenvalue weighted by molar-refractivity contribution is 4.76. The zero-order valence-electron chi connectivity index (χ0n) is 7.09. The molecule has 0 spiro atoms. The molecule has 0 aliphatic rings. The standard InChI is InChI=1S/C8H16N2/c1-4-8(5-6-9)7-10(2)3/h8H,4-5,7H2,1-3H3. The van der Waals surface area contributed by atoms with Crippen molar-refractivity contribution in [1.82, 2.24) is 4.90 Å². The largest absolute Gasteiger partial charge is 0.309 e. The van der Waals surface area contributed by atoms with Crippen molar-refractivity contribution >= 4 is 0 Å². The van der Waals surface area contributed by atoms with Crippen molar-refractivity contribution in [3.63, 3.8) is 0 Å². The highest BCUT2D eigenvalue weighted by Crippen LogP contribution is 2.07. The highest BCUT2D eigenvalue weighted by atomic mass is 15.1. The fourth-order valence-corrected chi connectivity index (χ4v) is 0.983. The molecule has 58 valence electrons. The van der Waals surface area contributed by atoms with Gasteiger partial charge >= 0.3 is 0 Å². The summed E-state index contributed by atoms with van der Waals surface area (Å²) in [5.74, 6) is 0.556. The summed E-state index contributed by atoms with van der Waals surface area (Å²) in [5, 5.41) is 8.41. The zero-order valence-corrected chi connectivity index (χ0v) is 7.09. The first kappa shape index (κ1) is 9.45. The number of hydrogen-bond donors (Lipinski definition) is 0. The van der Waals surface area contributed by atoms with Crippen LogP contribution in [0.5, 0.6) is 0 Å². The van der Waals surface area contributed by atoms with Gasteiger partial charge in [-0.2, -0.15) is 5.26 Å². The summed E-state index contributed by atoms with van der Waals surface area (Å²) in [6.07, 6.45) is 1.79. The van der Waals surface area contributed by atoms with Crippen molar-refractivity contribution in [2.45, 2.75) is 19.8 Å². The molecule has 0 radical (unpaired) electrons.